The smallest absolute Gasteiger partial charge is 0.101 e. The van der Waals surface area contributed by atoms with Crippen LogP contribution in [0.3, 0.4) is 0 Å². The summed E-state index contributed by atoms with van der Waals surface area (Å²) in [5.74, 6) is 0.719. The van der Waals surface area contributed by atoms with E-state index >= 15 is 0 Å². The molecule has 1 aliphatic rings. The normalized spacial score (nSPS) is 18.2. The number of nitrogens with one attached hydrogen (secondary N) is 1. The van der Waals surface area contributed by atoms with Crippen molar-refractivity contribution in [2.75, 3.05) is 38.3 Å². The third-order valence-electron chi connectivity index (χ3n) is 3.76. The minimum absolute atomic E-state index is 0.703. The SMILES string of the molecule is COCCNCc1ccc(N2CCC(C)C2)c(C#N)c1. The topological polar surface area (TPSA) is 48.3 Å². The van der Waals surface area contributed by atoms with Crippen LogP contribution in [0.2, 0.25) is 0 Å². The van der Waals surface area contributed by atoms with Gasteiger partial charge in [0.2, 0.25) is 0 Å². The molecule has 0 radical (unpaired) electrons. The van der Waals surface area contributed by atoms with Gasteiger partial charge in [-0.25, -0.2) is 0 Å². The molecule has 1 aliphatic heterocycles. The average Bonchev–Trinajstić information content (AvgIpc) is 2.90. The molecule has 4 heteroatoms. The van der Waals surface area contributed by atoms with Crippen LogP contribution in [-0.2, 0) is 11.3 Å². The van der Waals surface area contributed by atoms with Crippen molar-refractivity contribution in [3.8, 4) is 6.07 Å². The number of nitriles is 1. The van der Waals surface area contributed by atoms with Gasteiger partial charge in [0.25, 0.3) is 0 Å². The molecular formula is C16H23N3O. The summed E-state index contributed by atoms with van der Waals surface area (Å²) in [4.78, 5) is 2.32. The second kappa shape index (κ2) is 7.28. The Hall–Kier alpha value is -1.57. The molecule has 1 saturated heterocycles. The average molecular weight is 273 g/mol. The third kappa shape index (κ3) is 3.72. The van der Waals surface area contributed by atoms with Crippen LogP contribution in [0.1, 0.15) is 24.5 Å². The van der Waals surface area contributed by atoms with Crippen molar-refractivity contribution in [3.63, 3.8) is 0 Å². The highest BCUT2D eigenvalue weighted by atomic mass is 16.5. The minimum atomic E-state index is 0.703. The molecule has 1 heterocycles. The van der Waals surface area contributed by atoms with Crippen LogP contribution in [0.4, 0.5) is 5.69 Å². The molecule has 108 valence electrons. The van der Waals surface area contributed by atoms with Crippen LogP contribution >= 0.6 is 0 Å². The molecule has 1 fully saturated rings. The number of benzene rings is 1. The fraction of sp³-hybridized carbons (Fsp3) is 0.562. The lowest BCUT2D eigenvalue weighted by Crippen LogP contribution is -2.21. The summed E-state index contributed by atoms with van der Waals surface area (Å²) in [6.45, 7) is 6.68. The van der Waals surface area contributed by atoms with Gasteiger partial charge >= 0.3 is 0 Å². The lowest BCUT2D eigenvalue weighted by molar-refractivity contribution is 0.199. The quantitative estimate of drug-likeness (QED) is 0.807. The zero-order valence-corrected chi connectivity index (χ0v) is 12.4. The second-order valence-electron chi connectivity index (χ2n) is 5.47. The fourth-order valence-electron chi connectivity index (χ4n) is 2.62. The molecule has 0 aromatic heterocycles. The van der Waals surface area contributed by atoms with Crippen LogP contribution in [0.5, 0.6) is 0 Å². The lowest BCUT2D eigenvalue weighted by Gasteiger charge is -2.20. The molecule has 0 spiro atoms. The van der Waals surface area contributed by atoms with E-state index in [0.29, 0.717) is 6.61 Å². The molecule has 1 unspecified atom stereocenters. The first-order chi connectivity index (χ1) is 9.74. The molecule has 1 aromatic rings. The molecule has 0 aliphatic carbocycles. The molecule has 1 aromatic carbocycles. The van der Waals surface area contributed by atoms with Crippen molar-refractivity contribution in [3.05, 3.63) is 29.3 Å². The van der Waals surface area contributed by atoms with E-state index in [0.717, 1.165) is 48.9 Å². The zero-order valence-electron chi connectivity index (χ0n) is 12.4. The van der Waals surface area contributed by atoms with Crippen LogP contribution in [-0.4, -0.2) is 33.4 Å². The maximum Gasteiger partial charge on any atom is 0.101 e. The van der Waals surface area contributed by atoms with Crippen molar-refractivity contribution in [1.29, 1.82) is 5.26 Å². The molecule has 1 N–H and O–H groups in total. The summed E-state index contributed by atoms with van der Waals surface area (Å²) in [5.41, 5.74) is 3.01. The van der Waals surface area contributed by atoms with E-state index in [-0.39, 0.29) is 0 Å². The number of hydrogen-bond acceptors (Lipinski definition) is 4. The van der Waals surface area contributed by atoms with Crippen LogP contribution in [0.25, 0.3) is 0 Å². The lowest BCUT2D eigenvalue weighted by atomic mass is 10.1. The summed E-state index contributed by atoms with van der Waals surface area (Å²) in [7, 11) is 1.70. The number of hydrogen-bond donors (Lipinski definition) is 1. The van der Waals surface area contributed by atoms with Gasteiger partial charge < -0.3 is 15.0 Å². The van der Waals surface area contributed by atoms with E-state index < -0.39 is 0 Å². The van der Waals surface area contributed by atoms with Gasteiger partial charge in [0, 0.05) is 33.3 Å². The van der Waals surface area contributed by atoms with Crippen molar-refractivity contribution < 1.29 is 4.74 Å². The monoisotopic (exact) mass is 273 g/mol. The molecule has 0 amide bonds. The Morgan fingerprint density at radius 3 is 3.00 bits per heavy atom. The Labute approximate surface area is 121 Å². The van der Waals surface area contributed by atoms with Crippen LogP contribution in [0.15, 0.2) is 18.2 Å². The Morgan fingerprint density at radius 2 is 2.35 bits per heavy atom. The molecule has 0 saturated carbocycles. The van der Waals surface area contributed by atoms with Crippen LogP contribution in [0, 0.1) is 17.2 Å². The predicted molar refractivity (Wildman–Crippen MR) is 80.7 cm³/mol. The van der Waals surface area contributed by atoms with E-state index in [2.05, 4.69) is 35.3 Å². The Morgan fingerprint density at radius 1 is 1.50 bits per heavy atom. The van der Waals surface area contributed by atoms with Gasteiger partial charge in [-0.3, -0.25) is 0 Å². The standard InChI is InChI=1S/C16H23N3O/c1-13-5-7-19(12-13)16-4-3-14(9-15(16)10-17)11-18-6-8-20-2/h3-4,9,13,18H,5-8,11-12H2,1-2H3. The van der Waals surface area contributed by atoms with E-state index in [9.17, 15) is 5.26 Å². The first-order valence-corrected chi connectivity index (χ1v) is 7.22. The van der Waals surface area contributed by atoms with Crippen molar-refractivity contribution in [1.82, 2.24) is 5.32 Å². The maximum absolute atomic E-state index is 9.36. The number of methoxy groups -OCH3 is 1. The van der Waals surface area contributed by atoms with Crippen molar-refractivity contribution in [2.45, 2.75) is 19.9 Å². The van der Waals surface area contributed by atoms with Gasteiger partial charge in [0.1, 0.15) is 6.07 Å². The summed E-state index contributed by atoms with van der Waals surface area (Å²) < 4.78 is 5.00. The predicted octanol–water partition coefficient (Wildman–Crippen LogP) is 2.14. The van der Waals surface area contributed by atoms with Gasteiger partial charge in [0.15, 0.2) is 0 Å². The number of anilines is 1. The highest BCUT2D eigenvalue weighted by Gasteiger charge is 2.21. The highest BCUT2D eigenvalue weighted by Crippen LogP contribution is 2.27. The van der Waals surface area contributed by atoms with E-state index in [1.165, 1.54) is 6.42 Å². The molecule has 20 heavy (non-hydrogen) atoms. The summed E-state index contributed by atoms with van der Waals surface area (Å²) >= 11 is 0. The summed E-state index contributed by atoms with van der Waals surface area (Å²) in [6.07, 6.45) is 1.21. The Bertz CT molecular complexity index is 481. The number of ether oxygens (including phenoxy) is 1. The summed E-state index contributed by atoms with van der Waals surface area (Å²) in [6, 6.07) is 8.53. The van der Waals surface area contributed by atoms with Crippen LogP contribution < -0.4 is 10.2 Å². The highest BCUT2D eigenvalue weighted by molar-refractivity contribution is 5.61. The fourth-order valence-corrected chi connectivity index (χ4v) is 2.62. The summed E-state index contributed by atoms with van der Waals surface area (Å²) in [5, 5.41) is 12.7. The van der Waals surface area contributed by atoms with Gasteiger partial charge in [0.05, 0.1) is 17.9 Å². The number of nitrogens with zero attached hydrogens (tertiary/aromatic N) is 2. The Balaban J connectivity index is 2.03. The van der Waals surface area contributed by atoms with Crippen molar-refractivity contribution >= 4 is 5.69 Å². The molecule has 0 bridgehead atoms. The van der Waals surface area contributed by atoms with E-state index in [1.807, 2.05) is 6.07 Å². The van der Waals surface area contributed by atoms with Gasteiger partial charge in [-0.1, -0.05) is 13.0 Å². The molecule has 2 rings (SSSR count). The second-order valence-corrected chi connectivity index (χ2v) is 5.47. The zero-order chi connectivity index (χ0) is 14.4. The molecule has 4 nitrogen and oxygen atoms in total. The maximum atomic E-state index is 9.36. The van der Waals surface area contributed by atoms with Crippen molar-refractivity contribution in [2.24, 2.45) is 5.92 Å². The Kier molecular flexibility index (Phi) is 5.40. The number of rotatable bonds is 6. The van der Waals surface area contributed by atoms with Gasteiger partial charge in [-0.2, -0.15) is 5.26 Å². The van der Waals surface area contributed by atoms with Gasteiger partial charge in [-0.15, -0.1) is 0 Å². The van der Waals surface area contributed by atoms with Gasteiger partial charge in [-0.05, 0) is 30.0 Å². The molecular weight excluding hydrogens is 250 g/mol. The minimum Gasteiger partial charge on any atom is -0.383 e. The largest absolute Gasteiger partial charge is 0.383 e. The van der Waals surface area contributed by atoms with E-state index in [1.54, 1.807) is 7.11 Å². The first kappa shape index (κ1) is 14.8. The molecule has 1 atom stereocenters. The first-order valence-electron chi connectivity index (χ1n) is 7.22. The third-order valence-corrected chi connectivity index (χ3v) is 3.76. The van der Waals surface area contributed by atoms with E-state index in [4.69, 9.17) is 4.74 Å².